The average Bonchev–Trinajstić information content (AvgIpc) is 2.72. The highest BCUT2D eigenvalue weighted by atomic mass is 32.1. The molecule has 0 amide bonds. The Morgan fingerprint density at radius 2 is 2.39 bits per heavy atom. The second-order valence-corrected chi connectivity index (χ2v) is 5.51. The zero-order valence-electron chi connectivity index (χ0n) is 10.8. The molecule has 0 fully saturated rings. The number of aromatic nitrogens is 1. The SMILES string of the molecule is COCc1cnc(C=NC(CC(C)C)C(=O)O)s1. The minimum Gasteiger partial charge on any atom is -0.480 e. The first-order valence-electron chi connectivity index (χ1n) is 5.72. The lowest BCUT2D eigenvalue weighted by atomic mass is 10.0. The number of methoxy groups -OCH3 is 1. The Morgan fingerprint density at radius 1 is 1.67 bits per heavy atom. The number of nitrogens with zero attached hydrogens (tertiary/aromatic N) is 2. The summed E-state index contributed by atoms with van der Waals surface area (Å²) in [4.78, 5) is 20.2. The molecule has 5 nitrogen and oxygen atoms in total. The van der Waals surface area contributed by atoms with Crippen LogP contribution in [0.3, 0.4) is 0 Å². The summed E-state index contributed by atoms with van der Waals surface area (Å²) in [5.74, 6) is -0.600. The summed E-state index contributed by atoms with van der Waals surface area (Å²) in [6.07, 6.45) is 3.78. The van der Waals surface area contributed by atoms with E-state index in [0.717, 1.165) is 4.88 Å². The largest absolute Gasteiger partial charge is 0.480 e. The van der Waals surface area contributed by atoms with Crippen molar-refractivity contribution in [1.82, 2.24) is 4.98 Å². The van der Waals surface area contributed by atoms with E-state index < -0.39 is 12.0 Å². The molecule has 0 aliphatic rings. The molecule has 6 heteroatoms. The van der Waals surface area contributed by atoms with Crippen LogP contribution in [0.25, 0.3) is 0 Å². The van der Waals surface area contributed by atoms with Crippen LogP contribution in [0.1, 0.15) is 30.2 Å². The third-order valence-corrected chi connectivity index (χ3v) is 3.11. The number of hydrogen-bond acceptors (Lipinski definition) is 5. The van der Waals surface area contributed by atoms with Gasteiger partial charge in [-0.3, -0.25) is 4.99 Å². The average molecular weight is 270 g/mol. The molecule has 1 rings (SSSR count). The van der Waals surface area contributed by atoms with Crippen LogP contribution in [0, 0.1) is 5.92 Å². The number of carboxylic acid groups (broad SMARTS) is 1. The maximum Gasteiger partial charge on any atom is 0.328 e. The van der Waals surface area contributed by atoms with Gasteiger partial charge >= 0.3 is 5.97 Å². The van der Waals surface area contributed by atoms with Crippen molar-refractivity contribution in [2.75, 3.05) is 7.11 Å². The molecule has 1 unspecified atom stereocenters. The van der Waals surface area contributed by atoms with E-state index >= 15 is 0 Å². The molecule has 0 saturated heterocycles. The van der Waals surface area contributed by atoms with Crippen molar-refractivity contribution in [2.45, 2.75) is 32.9 Å². The van der Waals surface area contributed by atoms with Crippen molar-refractivity contribution in [2.24, 2.45) is 10.9 Å². The topological polar surface area (TPSA) is 71.8 Å². The van der Waals surface area contributed by atoms with Gasteiger partial charge in [-0.05, 0) is 12.3 Å². The number of thiazole rings is 1. The highest BCUT2D eigenvalue weighted by molar-refractivity contribution is 7.13. The Balaban J connectivity index is 2.66. The van der Waals surface area contributed by atoms with E-state index in [0.29, 0.717) is 24.0 Å². The number of ether oxygens (including phenoxy) is 1. The van der Waals surface area contributed by atoms with Crippen LogP contribution in [-0.2, 0) is 16.1 Å². The molecule has 1 atom stereocenters. The van der Waals surface area contributed by atoms with E-state index in [4.69, 9.17) is 9.84 Å². The number of aliphatic imine (C=N–C) groups is 1. The molecule has 0 bridgehead atoms. The molecule has 0 spiro atoms. The van der Waals surface area contributed by atoms with Crippen LogP contribution in [-0.4, -0.2) is 35.4 Å². The molecular formula is C12H18N2O3S. The standard InChI is InChI=1S/C12H18N2O3S/c1-8(2)4-10(12(15)16)13-6-11-14-5-9(18-11)7-17-3/h5-6,8,10H,4,7H2,1-3H3,(H,15,16). The van der Waals surface area contributed by atoms with E-state index in [2.05, 4.69) is 9.98 Å². The maximum absolute atomic E-state index is 11.0. The second kappa shape index (κ2) is 7.23. The van der Waals surface area contributed by atoms with Crippen LogP contribution in [0.15, 0.2) is 11.2 Å². The van der Waals surface area contributed by atoms with Gasteiger partial charge in [0.05, 0.1) is 17.7 Å². The van der Waals surface area contributed by atoms with Gasteiger partial charge in [0.2, 0.25) is 0 Å². The summed E-state index contributed by atoms with van der Waals surface area (Å²) in [6.45, 7) is 4.47. The Kier molecular flexibility index (Phi) is 5.94. The van der Waals surface area contributed by atoms with Crippen molar-refractivity contribution in [3.05, 3.63) is 16.1 Å². The third kappa shape index (κ3) is 4.93. The monoisotopic (exact) mass is 270 g/mol. The van der Waals surface area contributed by atoms with Crippen molar-refractivity contribution in [1.29, 1.82) is 0 Å². The van der Waals surface area contributed by atoms with Crippen molar-refractivity contribution >= 4 is 23.5 Å². The Labute approximate surface area is 111 Å². The lowest BCUT2D eigenvalue weighted by Crippen LogP contribution is -2.20. The quantitative estimate of drug-likeness (QED) is 0.771. The van der Waals surface area contributed by atoms with E-state index in [1.54, 1.807) is 13.3 Å². The molecule has 1 heterocycles. The smallest absolute Gasteiger partial charge is 0.328 e. The second-order valence-electron chi connectivity index (χ2n) is 4.36. The number of hydrogen-bond donors (Lipinski definition) is 1. The van der Waals surface area contributed by atoms with Crippen LogP contribution in [0.4, 0.5) is 0 Å². The minimum absolute atomic E-state index is 0.295. The zero-order chi connectivity index (χ0) is 13.5. The van der Waals surface area contributed by atoms with Gasteiger partial charge in [-0.15, -0.1) is 11.3 Å². The van der Waals surface area contributed by atoms with Crippen LogP contribution in [0.2, 0.25) is 0 Å². The van der Waals surface area contributed by atoms with E-state index in [1.807, 2.05) is 13.8 Å². The van der Waals surface area contributed by atoms with E-state index in [-0.39, 0.29) is 0 Å². The van der Waals surface area contributed by atoms with Gasteiger partial charge < -0.3 is 9.84 Å². The molecule has 0 aliphatic carbocycles. The van der Waals surface area contributed by atoms with Crippen LogP contribution in [0.5, 0.6) is 0 Å². The van der Waals surface area contributed by atoms with Crippen molar-refractivity contribution in [3.63, 3.8) is 0 Å². The van der Waals surface area contributed by atoms with Crippen LogP contribution < -0.4 is 0 Å². The Hall–Kier alpha value is -1.27. The molecule has 18 heavy (non-hydrogen) atoms. The fourth-order valence-corrected chi connectivity index (χ4v) is 2.19. The first kappa shape index (κ1) is 14.8. The number of carbonyl (C=O) groups is 1. The van der Waals surface area contributed by atoms with Gasteiger partial charge in [-0.2, -0.15) is 0 Å². The van der Waals surface area contributed by atoms with E-state index in [1.165, 1.54) is 17.6 Å². The number of rotatable bonds is 7. The summed E-state index contributed by atoms with van der Waals surface area (Å²) in [5.41, 5.74) is 0. The maximum atomic E-state index is 11.0. The number of aliphatic carboxylic acids is 1. The molecule has 100 valence electrons. The number of carboxylic acids is 1. The Bertz CT molecular complexity index is 415. The molecule has 0 saturated carbocycles. The fourth-order valence-electron chi connectivity index (χ4n) is 1.42. The summed E-state index contributed by atoms with van der Waals surface area (Å²) in [7, 11) is 1.62. The van der Waals surface area contributed by atoms with Gasteiger partial charge in [-0.25, -0.2) is 9.78 Å². The Morgan fingerprint density at radius 3 is 2.94 bits per heavy atom. The molecule has 0 aliphatic heterocycles. The first-order valence-corrected chi connectivity index (χ1v) is 6.54. The fraction of sp³-hybridized carbons (Fsp3) is 0.583. The predicted octanol–water partition coefficient (Wildman–Crippen LogP) is 2.21. The van der Waals surface area contributed by atoms with Gasteiger partial charge in [0.25, 0.3) is 0 Å². The molecule has 0 aromatic carbocycles. The summed E-state index contributed by atoms with van der Waals surface area (Å²) in [6, 6.07) is -0.695. The lowest BCUT2D eigenvalue weighted by molar-refractivity contribution is -0.138. The van der Waals surface area contributed by atoms with Crippen LogP contribution >= 0.6 is 11.3 Å². The summed E-state index contributed by atoms with van der Waals surface area (Å²) in [5, 5.41) is 9.74. The van der Waals surface area contributed by atoms with Gasteiger partial charge in [0.1, 0.15) is 11.0 Å². The lowest BCUT2D eigenvalue weighted by Gasteiger charge is -2.09. The highest BCUT2D eigenvalue weighted by Gasteiger charge is 2.16. The normalized spacial score (nSPS) is 13.3. The zero-order valence-corrected chi connectivity index (χ0v) is 11.6. The molecular weight excluding hydrogens is 252 g/mol. The predicted molar refractivity (Wildman–Crippen MR) is 71.3 cm³/mol. The minimum atomic E-state index is -0.895. The van der Waals surface area contributed by atoms with Crippen molar-refractivity contribution < 1.29 is 14.6 Å². The summed E-state index contributed by atoms with van der Waals surface area (Å²) < 4.78 is 4.99. The van der Waals surface area contributed by atoms with Gasteiger partial charge in [-0.1, -0.05) is 13.8 Å². The van der Waals surface area contributed by atoms with Crippen molar-refractivity contribution in [3.8, 4) is 0 Å². The third-order valence-electron chi connectivity index (χ3n) is 2.20. The van der Waals surface area contributed by atoms with E-state index in [9.17, 15) is 4.79 Å². The summed E-state index contributed by atoms with van der Waals surface area (Å²) >= 11 is 1.45. The highest BCUT2D eigenvalue weighted by Crippen LogP contribution is 2.13. The molecule has 1 aromatic heterocycles. The molecule has 1 N–H and O–H groups in total. The van der Waals surface area contributed by atoms with Gasteiger partial charge in [0.15, 0.2) is 0 Å². The van der Waals surface area contributed by atoms with Gasteiger partial charge in [0, 0.05) is 13.3 Å². The molecule has 0 radical (unpaired) electrons. The molecule has 1 aromatic rings. The first-order chi connectivity index (χ1) is 8.52.